The summed E-state index contributed by atoms with van der Waals surface area (Å²) in [4.78, 5) is 3.84. The molecule has 0 spiro atoms. The number of hydrogen-bond acceptors (Lipinski definition) is 3. The van der Waals surface area contributed by atoms with E-state index in [1.54, 1.807) is 0 Å². The van der Waals surface area contributed by atoms with Gasteiger partial charge in [0.2, 0.25) is 0 Å². The van der Waals surface area contributed by atoms with Gasteiger partial charge in [-0.1, -0.05) is 18.0 Å². The Morgan fingerprint density at radius 3 is 3.07 bits per heavy atom. The Balaban J connectivity index is 3.06. The van der Waals surface area contributed by atoms with Gasteiger partial charge in [0.25, 0.3) is 0 Å². The second kappa shape index (κ2) is 4.97. The van der Waals surface area contributed by atoms with E-state index in [0.717, 1.165) is 6.21 Å². The molecule has 0 aliphatic carbocycles. The van der Waals surface area contributed by atoms with Crippen molar-refractivity contribution in [3.63, 3.8) is 0 Å². The summed E-state index contributed by atoms with van der Waals surface area (Å²) < 4.78 is 13.0. The molecule has 14 heavy (non-hydrogen) atoms. The Morgan fingerprint density at radius 2 is 2.43 bits per heavy atom. The SMILES string of the molecule is CCC#Cc1ccc(F)c(/C=N/O)n1. The fourth-order valence-corrected chi connectivity index (χ4v) is 0.852. The van der Waals surface area contributed by atoms with Crippen LogP contribution in [0.2, 0.25) is 0 Å². The van der Waals surface area contributed by atoms with Gasteiger partial charge in [0, 0.05) is 6.42 Å². The predicted octanol–water partition coefficient (Wildman–Crippen LogP) is 1.79. The van der Waals surface area contributed by atoms with Gasteiger partial charge in [-0.3, -0.25) is 0 Å². The highest BCUT2D eigenvalue weighted by molar-refractivity contribution is 5.76. The summed E-state index contributed by atoms with van der Waals surface area (Å²) in [5.41, 5.74) is 0.443. The van der Waals surface area contributed by atoms with E-state index in [1.807, 2.05) is 6.92 Å². The maximum Gasteiger partial charge on any atom is 0.150 e. The van der Waals surface area contributed by atoms with E-state index in [2.05, 4.69) is 22.0 Å². The first-order valence-corrected chi connectivity index (χ1v) is 4.10. The Kier molecular flexibility index (Phi) is 3.62. The lowest BCUT2D eigenvalue weighted by Gasteiger charge is -1.95. The quantitative estimate of drug-likeness (QED) is 0.319. The zero-order valence-corrected chi connectivity index (χ0v) is 7.66. The smallest absolute Gasteiger partial charge is 0.150 e. The molecular formula is C10H9FN2O. The molecule has 1 rings (SSSR count). The van der Waals surface area contributed by atoms with Crippen molar-refractivity contribution in [2.75, 3.05) is 0 Å². The predicted molar refractivity (Wildman–Crippen MR) is 50.7 cm³/mol. The summed E-state index contributed by atoms with van der Waals surface area (Å²) in [6, 6.07) is 2.72. The maximum atomic E-state index is 13.0. The average molecular weight is 192 g/mol. The Bertz CT molecular complexity index is 404. The lowest BCUT2D eigenvalue weighted by atomic mass is 10.3. The molecule has 72 valence electrons. The summed E-state index contributed by atoms with van der Waals surface area (Å²) in [5, 5.41) is 11.0. The van der Waals surface area contributed by atoms with Crippen molar-refractivity contribution >= 4 is 6.21 Å². The first kappa shape index (κ1) is 10.2. The molecule has 0 amide bonds. The average Bonchev–Trinajstić information content (AvgIpc) is 2.19. The van der Waals surface area contributed by atoms with Crippen LogP contribution in [0.1, 0.15) is 24.7 Å². The molecule has 1 N–H and O–H groups in total. The van der Waals surface area contributed by atoms with Crippen molar-refractivity contribution in [1.82, 2.24) is 4.98 Å². The molecule has 0 saturated carbocycles. The number of oxime groups is 1. The van der Waals surface area contributed by atoms with Crippen LogP contribution >= 0.6 is 0 Å². The summed E-state index contributed by atoms with van der Waals surface area (Å²) in [6.45, 7) is 1.91. The Labute approximate surface area is 81.3 Å². The molecule has 0 atom stereocenters. The summed E-state index contributed by atoms with van der Waals surface area (Å²) >= 11 is 0. The van der Waals surface area contributed by atoms with Gasteiger partial charge >= 0.3 is 0 Å². The maximum absolute atomic E-state index is 13.0. The van der Waals surface area contributed by atoms with Crippen LogP contribution in [0.25, 0.3) is 0 Å². The van der Waals surface area contributed by atoms with E-state index in [0.29, 0.717) is 12.1 Å². The Hall–Kier alpha value is -1.89. The standard InChI is InChI=1S/C10H9FN2O/c1-2-3-4-8-5-6-9(11)10(13-8)7-12-14/h5-7,14H,2H2,1H3/b12-7+. The van der Waals surface area contributed by atoms with Crippen LogP contribution < -0.4 is 0 Å². The normalized spacial score (nSPS) is 9.86. The van der Waals surface area contributed by atoms with Crippen LogP contribution in [0.4, 0.5) is 4.39 Å². The molecular weight excluding hydrogens is 183 g/mol. The topological polar surface area (TPSA) is 45.5 Å². The number of hydrogen-bond donors (Lipinski definition) is 1. The highest BCUT2D eigenvalue weighted by Crippen LogP contribution is 2.02. The Morgan fingerprint density at radius 1 is 1.64 bits per heavy atom. The molecule has 0 bridgehead atoms. The van der Waals surface area contributed by atoms with Gasteiger partial charge in [-0.15, -0.1) is 0 Å². The number of pyridine rings is 1. The molecule has 0 radical (unpaired) electrons. The zero-order valence-electron chi connectivity index (χ0n) is 7.66. The van der Waals surface area contributed by atoms with Gasteiger partial charge < -0.3 is 5.21 Å². The molecule has 0 saturated heterocycles. The fraction of sp³-hybridized carbons (Fsp3) is 0.200. The van der Waals surface area contributed by atoms with Crippen LogP contribution in [0, 0.1) is 17.7 Å². The third kappa shape index (κ3) is 2.56. The molecule has 4 heteroatoms. The van der Waals surface area contributed by atoms with Crippen LogP contribution in [-0.4, -0.2) is 16.4 Å². The number of rotatable bonds is 1. The molecule has 0 unspecified atom stereocenters. The van der Waals surface area contributed by atoms with Crippen molar-refractivity contribution in [3.05, 3.63) is 29.3 Å². The van der Waals surface area contributed by atoms with Crippen LogP contribution in [-0.2, 0) is 0 Å². The molecule has 1 aromatic heterocycles. The van der Waals surface area contributed by atoms with Crippen LogP contribution in [0.15, 0.2) is 17.3 Å². The van der Waals surface area contributed by atoms with E-state index in [-0.39, 0.29) is 5.69 Å². The summed E-state index contributed by atoms with van der Waals surface area (Å²) in [6.07, 6.45) is 1.65. The second-order valence-corrected chi connectivity index (χ2v) is 2.46. The molecule has 0 fully saturated rings. The van der Waals surface area contributed by atoms with E-state index < -0.39 is 5.82 Å². The molecule has 0 aromatic carbocycles. The van der Waals surface area contributed by atoms with Crippen molar-refractivity contribution in [2.24, 2.45) is 5.16 Å². The van der Waals surface area contributed by atoms with E-state index in [1.165, 1.54) is 12.1 Å². The van der Waals surface area contributed by atoms with Gasteiger partial charge in [-0.25, -0.2) is 9.37 Å². The molecule has 0 aliphatic rings. The van der Waals surface area contributed by atoms with Crippen molar-refractivity contribution in [3.8, 4) is 11.8 Å². The van der Waals surface area contributed by atoms with Crippen LogP contribution in [0.5, 0.6) is 0 Å². The summed E-state index contributed by atoms with van der Waals surface area (Å²) in [5.74, 6) is 5.02. The van der Waals surface area contributed by atoms with E-state index >= 15 is 0 Å². The fourth-order valence-electron chi connectivity index (χ4n) is 0.852. The second-order valence-electron chi connectivity index (χ2n) is 2.46. The first-order chi connectivity index (χ1) is 6.77. The third-order valence-electron chi connectivity index (χ3n) is 1.45. The minimum atomic E-state index is -0.537. The van der Waals surface area contributed by atoms with Crippen LogP contribution in [0.3, 0.4) is 0 Å². The van der Waals surface area contributed by atoms with Crippen molar-refractivity contribution in [1.29, 1.82) is 0 Å². The van der Waals surface area contributed by atoms with E-state index in [9.17, 15) is 4.39 Å². The van der Waals surface area contributed by atoms with E-state index in [4.69, 9.17) is 5.21 Å². The third-order valence-corrected chi connectivity index (χ3v) is 1.45. The van der Waals surface area contributed by atoms with Gasteiger partial charge in [-0.05, 0) is 18.1 Å². The number of halogens is 1. The molecule has 1 aromatic rings. The van der Waals surface area contributed by atoms with Crippen molar-refractivity contribution in [2.45, 2.75) is 13.3 Å². The number of aromatic nitrogens is 1. The highest BCUT2D eigenvalue weighted by atomic mass is 19.1. The number of nitrogens with zero attached hydrogens (tertiary/aromatic N) is 2. The molecule has 1 heterocycles. The van der Waals surface area contributed by atoms with Gasteiger partial charge in [0.1, 0.15) is 11.4 Å². The minimum absolute atomic E-state index is 0.0181. The molecule has 0 aliphatic heterocycles. The van der Waals surface area contributed by atoms with Crippen molar-refractivity contribution < 1.29 is 9.60 Å². The summed E-state index contributed by atoms with van der Waals surface area (Å²) in [7, 11) is 0. The van der Waals surface area contributed by atoms with Gasteiger partial charge in [0.05, 0.1) is 6.21 Å². The van der Waals surface area contributed by atoms with Gasteiger partial charge in [0.15, 0.2) is 5.82 Å². The first-order valence-electron chi connectivity index (χ1n) is 4.10. The lowest BCUT2D eigenvalue weighted by Crippen LogP contribution is -1.95. The largest absolute Gasteiger partial charge is 0.411 e. The van der Waals surface area contributed by atoms with Gasteiger partial charge in [-0.2, -0.15) is 0 Å². The highest BCUT2D eigenvalue weighted by Gasteiger charge is 2.01. The lowest BCUT2D eigenvalue weighted by molar-refractivity contribution is 0.321. The monoisotopic (exact) mass is 192 g/mol. The zero-order chi connectivity index (χ0) is 10.4. The minimum Gasteiger partial charge on any atom is -0.411 e. The molecule has 3 nitrogen and oxygen atoms in total.